The molecule has 2 saturated heterocycles. The van der Waals surface area contributed by atoms with E-state index >= 15 is 0 Å². The monoisotopic (exact) mass is 323 g/mol. The second-order valence-corrected chi connectivity index (χ2v) is 6.15. The maximum Gasteiger partial charge on any atom is 0.00984 e. The van der Waals surface area contributed by atoms with Crippen LogP contribution in [0.3, 0.4) is 0 Å². The average Bonchev–Trinajstić information content (AvgIpc) is 2.42. The molecule has 2 aliphatic heterocycles. The average molecular weight is 325 g/mol. The van der Waals surface area contributed by atoms with E-state index in [1.54, 1.807) is 0 Å². The summed E-state index contributed by atoms with van der Waals surface area (Å²) in [5.74, 6) is 1.79. The van der Waals surface area contributed by atoms with Crippen LogP contribution in [-0.4, -0.2) is 34.7 Å². The van der Waals surface area contributed by atoms with Crippen molar-refractivity contribution < 1.29 is 0 Å². The summed E-state index contributed by atoms with van der Waals surface area (Å²) >= 11 is 7.29. The number of halogens is 2. The zero-order valence-electron chi connectivity index (χ0n) is 8.76. The molecule has 2 atom stereocenters. The van der Waals surface area contributed by atoms with E-state index in [4.69, 9.17) is 0 Å². The Hall–Kier alpha value is 0.920. The van der Waals surface area contributed by atoms with Gasteiger partial charge < -0.3 is 4.90 Å². The summed E-state index contributed by atoms with van der Waals surface area (Å²) in [5, 5.41) is 2.32. The summed E-state index contributed by atoms with van der Waals surface area (Å²) in [6, 6.07) is 1.78. The molecule has 0 aromatic carbocycles. The van der Waals surface area contributed by atoms with Gasteiger partial charge in [0, 0.05) is 22.7 Å². The van der Waals surface area contributed by atoms with Crippen molar-refractivity contribution in [3.8, 4) is 0 Å². The molecule has 2 rings (SSSR count). The van der Waals surface area contributed by atoms with Gasteiger partial charge in [-0.2, -0.15) is 0 Å². The van der Waals surface area contributed by atoms with E-state index in [1.807, 2.05) is 0 Å². The Balaban J connectivity index is 1.98. The number of fused-ring (bicyclic) bond motifs is 2. The van der Waals surface area contributed by atoms with Crippen molar-refractivity contribution in [1.82, 2.24) is 4.90 Å². The van der Waals surface area contributed by atoms with Crippen LogP contribution in [0.1, 0.15) is 25.7 Å². The predicted molar refractivity (Wildman–Crippen MR) is 68.4 cm³/mol. The van der Waals surface area contributed by atoms with Gasteiger partial charge >= 0.3 is 0 Å². The minimum Gasteiger partial charge on any atom is -0.300 e. The van der Waals surface area contributed by atoms with Crippen molar-refractivity contribution in [2.24, 2.45) is 11.8 Å². The maximum absolute atomic E-state index is 3.64. The van der Waals surface area contributed by atoms with Crippen LogP contribution < -0.4 is 0 Å². The van der Waals surface area contributed by atoms with Gasteiger partial charge in [-0.3, -0.25) is 0 Å². The Bertz CT molecular complexity index is 180. The molecule has 2 unspecified atom stereocenters. The molecule has 2 aliphatic rings. The van der Waals surface area contributed by atoms with Gasteiger partial charge in [-0.1, -0.05) is 31.9 Å². The molecule has 2 bridgehead atoms. The van der Waals surface area contributed by atoms with Crippen molar-refractivity contribution in [3.05, 3.63) is 0 Å². The molecule has 0 radical (unpaired) electrons. The SMILES string of the molecule is CN1C2CCC1CC(C(CBr)CBr)C2. The summed E-state index contributed by atoms with van der Waals surface area (Å²) in [4.78, 5) is 2.62. The third-order valence-electron chi connectivity index (χ3n) is 4.20. The van der Waals surface area contributed by atoms with Crippen LogP contribution in [0.15, 0.2) is 0 Å². The van der Waals surface area contributed by atoms with Gasteiger partial charge in [0.1, 0.15) is 0 Å². The first-order valence-corrected chi connectivity index (χ1v) is 7.84. The Morgan fingerprint density at radius 3 is 2.07 bits per heavy atom. The third-order valence-corrected chi connectivity index (χ3v) is 5.86. The number of piperidine rings is 1. The fraction of sp³-hybridized carbons (Fsp3) is 1.00. The summed E-state index contributed by atoms with van der Waals surface area (Å²) in [6.45, 7) is 0. The lowest BCUT2D eigenvalue weighted by Gasteiger charge is -2.39. The summed E-state index contributed by atoms with van der Waals surface area (Å²) in [5.41, 5.74) is 0. The van der Waals surface area contributed by atoms with Crippen LogP contribution >= 0.6 is 31.9 Å². The lowest BCUT2D eigenvalue weighted by atomic mass is 9.83. The van der Waals surface area contributed by atoms with Crippen LogP contribution in [0.25, 0.3) is 0 Å². The van der Waals surface area contributed by atoms with Crippen LogP contribution in [0, 0.1) is 11.8 Å². The minimum absolute atomic E-state index is 0.840. The normalized spacial score (nSPS) is 38.1. The summed E-state index contributed by atoms with van der Waals surface area (Å²) in [6.07, 6.45) is 5.73. The zero-order chi connectivity index (χ0) is 10.1. The highest BCUT2D eigenvalue weighted by Gasteiger charge is 2.40. The number of nitrogens with zero attached hydrogens (tertiary/aromatic N) is 1. The first-order valence-electron chi connectivity index (χ1n) is 5.60. The van der Waals surface area contributed by atoms with Crippen LogP contribution in [0.4, 0.5) is 0 Å². The standard InChI is InChI=1S/C11H19Br2N/c1-14-10-2-3-11(14)5-8(4-10)9(6-12)7-13/h8-11H,2-7H2,1H3. The highest BCUT2D eigenvalue weighted by atomic mass is 79.9. The highest BCUT2D eigenvalue weighted by molar-refractivity contribution is 9.09. The summed E-state index contributed by atoms with van der Waals surface area (Å²) in [7, 11) is 2.32. The molecule has 0 aromatic rings. The van der Waals surface area contributed by atoms with Crippen molar-refractivity contribution >= 4 is 31.9 Å². The second kappa shape index (κ2) is 4.84. The van der Waals surface area contributed by atoms with Crippen molar-refractivity contribution in [1.29, 1.82) is 0 Å². The molecular weight excluding hydrogens is 306 g/mol. The number of alkyl halides is 2. The van der Waals surface area contributed by atoms with Gasteiger partial charge in [0.15, 0.2) is 0 Å². The first-order chi connectivity index (χ1) is 6.76. The highest BCUT2D eigenvalue weighted by Crippen LogP contribution is 2.41. The molecular formula is C11H19Br2N. The topological polar surface area (TPSA) is 3.24 Å². The fourth-order valence-electron chi connectivity index (χ4n) is 3.13. The Kier molecular flexibility index (Phi) is 3.94. The van der Waals surface area contributed by atoms with Gasteiger partial charge in [-0.15, -0.1) is 0 Å². The van der Waals surface area contributed by atoms with E-state index in [0.29, 0.717) is 0 Å². The van der Waals surface area contributed by atoms with Gasteiger partial charge in [0.05, 0.1) is 0 Å². The number of hydrogen-bond donors (Lipinski definition) is 0. The lowest BCUT2D eigenvalue weighted by molar-refractivity contribution is 0.114. The third kappa shape index (κ3) is 2.05. The summed E-state index contributed by atoms with van der Waals surface area (Å²) < 4.78 is 0. The molecule has 0 aromatic heterocycles. The molecule has 0 amide bonds. The predicted octanol–water partition coefficient (Wildman–Crippen LogP) is 3.27. The van der Waals surface area contributed by atoms with E-state index < -0.39 is 0 Å². The molecule has 3 heteroatoms. The van der Waals surface area contributed by atoms with E-state index in [-0.39, 0.29) is 0 Å². The number of hydrogen-bond acceptors (Lipinski definition) is 1. The largest absolute Gasteiger partial charge is 0.300 e. The number of rotatable bonds is 3. The van der Waals surface area contributed by atoms with Crippen LogP contribution in [0.5, 0.6) is 0 Å². The lowest BCUT2D eigenvalue weighted by Crippen LogP contribution is -2.42. The molecule has 2 fully saturated rings. The van der Waals surface area contributed by atoms with E-state index in [0.717, 1.165) is 34.6 Å². The second-order valence-electron chi connectivity index (χ2n) is 4.85. The van der Waals surface area contributed by atoms with Crippen molar-refractivity contribution in [3.63, 3.8) is 0 Å². The van der Waals surface area contributed by atoms with E-state index in [9.17, 15) is 0 Å². The first kappa shape index (κ1) is 11.4. The Morgan fingerprint density at radius 2 is 1.64 bits per heavy atom. The van der Waals surface area contributed by atoms with Gasteiger partial charge in [-0.25, -0.2) is 0 Å². The molecule has 82 valence electrons. The molecule has 0 N–H and O–H groups in total. The molecule has 1 nitrogen and oxygen atoms in total. The van der Waals surface area contributed by atoms with Crippen LogP contribution in [0.2, 0.25) is 0 Å². The zero-order valence-corrected chi connectivity index (χ0v) is 11.9. The Morgan fingerprint density at radius 1 is 1.14 bits per heavy atom. The van der Waals surface area contributed by atoms with Crippen molar-refractivity contribution in [2.45, 2.75) is 37.8 Å². The van der Waals surface area contributed by atoms with Gasteiger partial charge in [0.2, 0.25) is 0 Å². The molecule has 2 heterocycles. The molecule has 0 spiro atoms. The van der Waals surface area contributed by atoms with E-state index in [2.05, 4.69) is 43.8 Å². The minimum atomic E-state index is 0.840. The Labute approximate surface area is 104 Å². The quantitative estimate of drug-likeness (QED) is 0.720. The van der Waals surface area contributed by atoms with Gasteiger partial charge in [-0.05, 0) is 44.6 Å². The van der Waals surface area contributed by atoms with Crippen LogP contribution in [-0.2, 0) is 0 Å². The molecule has 0 aliphatic carbocycles. The smallest absolute Gasteiger partial charge is 0.00984 e. The molecule has 14 heavy (non-hydrogen) atoms. The van der Waals surface area contributed by atoms with Gasteiger partial charge in [0.25, 0.3) is 0 Å². The van der Waals surface area contributed by atoms with Crippen molar-refractivity contribution in [2.75, 3.05) is 17.7 Å². The maximum atomic E-state index is 3.64. The fourth-order valence-corrected chi connectivity index (χ4v) is 5.26. The molecule has 0 saturated carbocycles. The van der Waals surface area contributed by atoms with E-state index in [1.165, 1.54) is 25.7 Å².